The van der Waals surface area contributed by atoms with Crippen LogP contribution in [0.25, 0.3) is 10.9 Å². The number of nitrogens with zero attached hydrogens (tertiary/aromatic N) is 2. The number of hydroxylamine groups is 2. The summed E-state index contributed by atoms with van der Waals surface area (Å²) in [7, 11) is 0. The lowest BCUT2D eigenvalue weighted by atomic mass is 10.0. The van der Waals surface area contributed by atoms with Crippen molar-refractivity contribution in [2.75, 3.05) is 5.32 Å². The quantitative estimate of drug-likeness (QED) is 0.0858. The standard InChI is InChI=1S/C18H18N8O3/c19-10-23-17(26(21)29)16(25(20)28)11-5-7-12(8-6-11)24-18(27)14-9-22-15-4-2-1-3-13(14)15/h1-10,16-17,20-22H,(H2,19,23)(H,24,27). The van der Waals surface area contributed by atoms with Gasteiger partial charge < -0.3 is 26.0 Å². The molecule has 1 amide bonds. The van der Waals surface area contributed by atoms with Gasteiger partial charge in [0.25, 0.3) is 11.9 Å². The van der Waals surface area contributed by atoms with Crippen molar-refractivity contribution < 1.29 is 14.5 Å². The second-order valence-electron chi connectivity index (χ2n) is 6.18. The van der Waals surface area contributed by atoms with Crippen LogP contribution < -0.4 is 10.6 Å². The molecule has 0 aliphatic carbocycles. The van der Waals surface area contributed by atoms with E-state index in [1.165, 1.54) is 24.3 Å². The maximum atomic E-state index is 12.6. The van der Waals surface area contributed by atoms with E-state index < -0.39 is 12.2 Å². The monoisotopic (exact) mass is 394 g/mol. The highest BCUT2D eigenvalue weighted by Crippen LogP contribution is 2.24. The van der Waals surface area contributed by atoms with Crippen LogP contribution in [-0.2, 0) is 0 Å². The maximum absolute atomic E-state index is 12.6. The first kappa shape index (κ1) is 19.5. The fourth-order valence-electron chi connectivity index (χ4n) is 3.04. The number of benzene rings is 2. The van der Waals surface area contributed by atoms with Crippen molar-refractivity contribution in [3.05, 3.63) is 76.3 Å². The minimum Gasteiger partial charge on any atom is -0.599 e. The van der Waals surface area contributed by atoms with Gasteiger partial charge in [0.05, 0.1) is 11.9 Å². The Balaban J connectivity index is 1.81. The van der Waals surface area contributed by atoms with Crippen molar-refractivity contribution in [3.63, 3.8) is 0 Å². The predicted molar refractivity (Wildman–Crippen MR) is 104 cm³/mol. The van der Waals surface area contributed by atoms with Crippen LogP contribution in [0.1, 0.15) is 22.0 Å². The average molecular weight is 394 g/mol. The van der Waals surface area contributed by atoms with E-state index >= 15 is 0 Å². The van der Waals surface area contributed by atoms with E-state index in [2.05, 4.69) is 15.6 Å². The van der Waals surface area contributed by atoms with Crippen LogP contribution >= 0.6 is 0 Å². The van der Waals surface area contributed by atoms with Gasteiger partial charge in [0.1, 0.15) is 0 Å². The fraction of sp³-hybridized carbons (Fsp3) is 0.111. The first-order valence-electron chi connectivity index (χ1n) is 8.50. The SMILES string of the molecule is N=CNC(C(c1ccc(NC(=O)c2c[nH]c3ccccc23)cc1)[N+](=N)[O-])[N+](=N)[O-]. The number of H-pyrrole nitrogens is 1. The van der Waals surface area contributed by atoms with E-state index in [0.717, 1.165) is 10.9 Å². The normalized spacial score (nSPS) is 12.7. The Kier molecular flexibility index (Phi) is 5.49. The van der Waals surface area contributed by atoms with Crippen molar-refractivity contribution in [1.29, 1.82) is 16.5 Å². The molecule has 0 saturated heterocycles. The number of nitrogens with one attached hydrogen (secondary N) is 6. The molecule has 1 heterocycles. The van der Waals surface area contributed by atoms with E-state index in [4.69, 9.17) is 16.5 Å². The molecule has 11 heteroatoms. The predicted octanol–water partition coefficient (Wildman–Crippen LogP) is 3.07. The van der Waals surface area contributed by atoms with Crippen LogP contribution in [0.15, 0.2) is 54.7 Å². The Labute approximate surface area is 164 Å². The molecule has 3 rings (SSSR count). The summed E-state index contributed by atoms with van der Waals surface area (Å²) in [5, 5.41) is 35.9. The molecule has 0 saturated carbocycles. The van der Waals surface area contributed by atoms with Crippen LogP contribution in [-0.4, -0.2) is 33.1 Å². The second kappa shape index (κ2) is 8.17. The second-order valence-corrected chi connectivity index (χ2v) is 6.18. The molecule has 0 radical (unpaired) electrons. The minimum atomic E-state index is -1.45. The van der Waals surface area contributed by atoms with Crippen LogP contribution in [0.4, 0.5) is 5.69 Å². The van der Waals surface area contributed by atoms with Crippen LogP contribution in [0.3, 0.4) is 0 Å². The summed E-state index contributed by atoms with van der Waals surface area (Å²) in [6, 6.07) is 12.0. The highest BCUT2D eigenvalue weighted by Gasteiger charge is 2.38. The summed E-state index contributed by atoms with van der Waals surface area (Å²) < 4.78 is 0. The molecule has 0 bridgehead atoms. The Morgan fingerprint density at radius 3 is 2.38 bits per heavy atom. The molecule has 29 heavy (non-hydrogen) atoms. The summed E-state index contributed by atoms with van der Waals surface area (Å²) in [4.78, 5) is 15.1. The summed E-state index contributed by atoms with van der Waals surface area (Å²) >= 11 is 0. The van der Waals surface area contributed by atoms with Gasteiger partial charge in [-0.05, 0) is 41.4 Å². The number of hydrogen-bond acceptors (Lipinski definition) is 6. The zero-order valence-corrected chi connectivity index (χ0v) is 15.0. The lowest BCUT2D eigenvalue weighted by Gasteiger charge is -2.19. The van der Waals surface area contributed by atoms with Gasteiger partial charge >= 0.3 is 6.17 Å². The number of aromatic amines is 1. The number of rotatable bonds is 8. The number of fused-ring (bicyclic) bond motifs is 1. The molecule has 2 atom stereocenters. The Bertz CT molecular complexity index is 1080. The molecule has 6 N–H and O–H groups in total. The largest absolute Gasteiger partial charge is 0.599 e. The number of aromatic nitrogens is 1. The van der Waals surface area contributed by atoms with Gasteiger partial charge in [-0.1, -0.05) is 27.9 Å². The molecule has 2 aromatic carbocycles. The third-order valence-electron chi connectivity index (χ3n) is 4.40. The Morgan fingerprint density at radius 1 is 1.07 bits per heavy atom. The van der Waals surface area contributed by atoms with Gasteiger partial charge in [0, 0.05) is 28.4 Å². The highest BCUT2D eigenvalue weighted by atomic mass is 16.5. The lowest BCUT2D eigenvalue weighted by molar-refractivity contribution is -0.684. The van der Waals surface area contributed by atoms with Crippen LogP contribution in [0, 0.1) is 26.9 Å². The molecule has 3 aromatic rings. The smallest absolute Gasteiger partial charge is 0.332 e. The first-order chi connectivity index (χ1) is 13.9. The third kappa shape index (κ3) is 4.03. The van der Waals surface area contributed by atoms with Gasteiger partial charge in [-0.25, -0.2) is 0 Å². The zero-order valence-electron chi connectivity index (χ0n) is 15.0. The molecular weight excluding hydrogens is 376 g/mol. The van der Waals surface area contributed by atoms with E-state index in [-0.39, 0.29) is 21.2 Å². The average Bonchev–Trinajstić information content (AvgIpc) is 3.13. The molecular formula is C18H18N8O3. The van der Waals surface area contributed by atoms with Crippen molar-refractivity contribution >= 4 is 28.8 Å². The number of carbonyl (C=O) groups is 1. The minimum absolute atomic E-state index is 0.208. The van der Waals surface area contributed by atoms with Gasteiger partial charge in [-0.3, -0.25) is 10.2 Å². The molecule has 11 nitrogen and oxygen atoms in total. The zero-order chi connectivity index (χ0) is 21.0. The van der Waals surface area contributed by atoms with E-state index in [0.29, 0.717) is 17.6 Å². The van der Waals surface area contributed by atoms with E-state index in [1.807, 2.05) is 24.3 Å². The van der Waals surface area contributed by atoms with Gasteiger partial charge in [-0.15, -0.1) is 0 Å². The fourth-order valence-corrected chi connectivity index (χ4v) is 3.04. The number of hydrogen-bond donors (Lipinski definition) is 6. The van der Waals surface area contributed by atoms with Crippen molar-refractivity contribution in [1.82, 2.24) is 10.3 Å². The van der Waals surface area contributed by atoms with Crippen molar-refractivity contribution in [2.45, 2.75) is 12.2 Å². The molecule has 2 unspecified atom stereocenters. The lowest BCUT2D eigenvalue weighted by Crippen LogP contribution is -2.43. The van der Waals surface area contributed by atoms with Crippen LogP contribution in [0.5, 0.6) is 0 Å². The number of amides is 1. The summed E-state index contributed by atoms with van der Waals surface area (Å²) in [5.41, 5.74) is 16.6. The molecule has 0 aliphatic rings. The summed E-state index contributed by atoms with van der Waals surface area (Å²) in [6.07, 6.45) is 0.843. The summed E-state index contributed by atoms with van der Waals surface area (Å²) in [6.45, 7) is 0. The van der Waals surface area contributed by atoms with Crippen molar-refractivity contribution in [2.24, 2.45) is 0 Å². The molecule has 1 aromatic heterocycles. The topological polar surface area (TPSA) is 181 Å². The Morgan fingerprint density at radius 2 is 1.76 bits per heavy atom. The van der Waals surface area contributed by atoms with E-state index in [9.17, 15) is 15.2 Å². The number of para-hydroxylation sites is 1. The molecule has 0 spiro atoms. The number of carbonyl (C=O) groups excluding carboxylic acids is 1. The van der Waals surface area contributed by atoms with Gasteiger partial charge in [-0.2, -0.15) is 0 Å². The molecule has 0 aliphatic heterocycles. The van der Waals surface area contributed by atoms with Gasteiger partial charge in [0.2, 0.25) is 0 Å². The highest BCUT2D eigenvalue weighted by molar-refractivity contribution is 6.12. The third-order valence-corrected chi connectivity index (χ3v) is 4.40. The maximum Gasteiger partial charge on any atom is 0.332 e. The van der Waals surface area contributed by atoms with Crippen LogP contribution in [0.2, 0.25) is 0 Å². The Hall–Kier alpha value is -4.28. The van der Waals surface area contributed by atoms with Crippen molar-refractivity contribution in [3.8, 4) is 0 Å². The molecule has 0 fully saturated rings. The molecule has 148 valence electrons. The van der Waals surface area contributed by atoms with E-state index in [1.54, 1.807) is 6.20 Å². The van der Waals surface area contributed by atoms with Gasteiger partial charge in [0.15, 0.2) is 0 Å². The summed E-state index contributed by atoms with van der Waals surface area (Å²) in [5.74, 6) is -0.321. The number of anilines is 1. The first-order valence-corrected chi connectivity index (χ1v) is 8.50.